The number of anilines is 1. The van der Waals surface area contributed by atoms with Gasteiger partial charge in [-0.3, -0.25) is 4.98 Å². The van der Waals surface area contributed by atoms with Crippen LogP contribution in [0, 0.1) is 12.7 Å². The van der Waals surface area contributed by atoms with Crippen molar-refractivity contribution in [2.75, 3.05) is 5.73 Å². The van der Waals surface area contributed by atoms with Gasteiger partial charge in [0, 0.05) is 11.9 Å². The third-order valence-corrected chi connectivity index (χ3v) is 4.40. The second kappa shape index (κ2) is 4.97. The number of benzene rings is 1. The molecule has 0 radical (unpaired) electrons. The number of nitrogens with two attached hydrogens (primary N) is 1. The van der Waals surface area contributed by atoms with Crippen molar-refractivity contribution >= 4 is 15.5 Å². The first-order chi connectivity index (χ1) is 8.88. The topological polar surface area (TPSA) is 73.0 Å². The molecule has 0 amide bonds. The number of sulfone groups is 1. The average molecular weight is 280 g/mol. The van der Waals surface area contributed by atoms with Crippen LogP contribution in [0.25, 0.3) is 0 Å². The van der Waals surface area contributed by atoms with Crippen molar-refractivity contribution in [1.82, 2.24) is 4.98 Å². The van der Waals surface area contributed by atoms with Crippen molar-refractivity contribution in [3.05, 3.63) is 53.6 Å². The summed E-state index contributed by atoms with van der Waals surface area (Å²) in [6.45, 7) is 1.73. The molecule has 0 atom stereocenters. The number of hydrogen-bond acceptors (Lipinski definition) is 4. The Labute approximate surface area is 111 Å². The standard InChI is InChI=1S/C13H13FN2O2S/c1-9-4-12(2-3-13(9)15)19(17,18)8-10-5-11(14)7-16-6-10/h2-7H,8,15H2,1H3. The summed E-state index contributed by atoms with van der Waals surface area (Å²) in [6, 6.07) is 5.67. The van der Waals surface area contributed by atoms with Crippen LogP contribution in [0.5, 0.6) is 0 Å². The molecule has 0 aliphatic heterocycles. The van der Waals surface area contributed by atoms with Gasteiger partial charge in [-0.1, -0.05) is 0 Å². The summed E-state index contributed by atoms with van der Waals surface area (Å²) in [4.78, 5) is 3.80. The molecule has 2 rings (SSSR count). The number of pyridine rings is 1. The predicted octanol–water partition coefficient (Wildman–Crippen LogP) is 2.09. The Kier molecular flexibility index (Phi) is 3.53. The van der Waals surface area contributed by atoms with Crippen LogP contribution in [-0.2, 0) is 15.6 Å². The van der Waals surface area contributed by atoms with Gasteiger partial charge >= 0.3 is 0 Å². The predicted molar refractivity (Wildman–Crippen MR) is 70.7 cm³/mol. The highest BCUT2D eigenvalue weighted by molar-refractivity contribution is 7.90. The summed E-state index contributed by atoms with van der Waals surface area (Å²) in [5.74, 6) is -0.845. The lowest BCUT2D eigenvalue weighted by Gasteiger charge is -2.07. The lowest BCUT2D eigenvalue weighted by molar-refractivity contribution is 0.594. The smallest absolute Gasteiger partial charge is 0.182 e. The molecular formula is C13H13FN2O2S. The second-order valence-electron chi connectivity index (χ2n) is 4.29. The van der Waals surface area contributed by atoms with E-state index in [0.717, 1.165) is 12.3 Å². The highest BCUT2D eigenvalue weighted by Gasteiger charge is 2.16. The molecule has 0 saturated heterocycles. The van der Waals surface area contributed by atoms with Crippen LogP contribution in [0.15, 0.2) is 41.6 Å². The SMILES string of the molecule is Cc1cc(S(=O)(=O)Cc2cncc(F)c2)ccc1N. The summed E-state index contributed by atoms with van der Waals surface area (Å²) in [5.41, 5.74) is 7.19. The van der Waals surface area contributed by atoms with E-state index in [1.54, 1.807) is 13.0 Å². The molecule has 2 N–H and O–H groups in total. The molecule has 2 aromatic rings. The van der Waals surface area contributed by atoms with Gasteiger partial charge in [0.2, 0.25) is 0 Å². The number of nitrogens with zero attached hydrogens (tertiary/aromatic N) is 1. The largest absolute Gasteiger partial charge is 0.399 e. The fourth-order valence-electron chi connectivity index (χ4n) is 1.68. The lowest BCUT2D eigenvalue weighted by atomic mass is 10.2. The Bertz CT molecular complexity index is 714. The van der Waals surface area contributed by atoms with Crippen LogP contribution >= 0.6 is 0 Å². The molecule has 1 aromatic heterocycles. The monoisotopic (exact) mass is 280 g/mol. The number of rotatable bonds is 3. The normalized spacial score (nSPS) is 11.5. The number of hydrogen-bond donors (Lipinski definition) is 1. The van der Waals surface area contributed by atoms with Crippen LogP contribution in [0.3, 0.4) is 0 Å². The second-order valence-corrected chi connectivity index (χ2v) is 6.28. The number of aromatic nitrogens is 1. The minimum Gasteiger partial charge on any atom is -0.399 e. The van der Waals surface area contributed by atoms with Crippen molar-refractivity contribution in [3.63, 3.8) is 0 Å². The molecule has 4 nitrogen and oxygen atoms in total. The van der Waals surface area contributed by atoms with Gasteiger partial charge in [-0.05, 0) is 42.3 Å². The Hall–Kier alpha value is -1.95. The Morgan fingerprint density at radius 3 is 2.63 bits per heavy atom. The first kappa shape index (κ1) is 13.5. The maximum absolute atomic E-state index is 13.0. The van der Waals surface area contributed by atoms with Crippen molar-refractivity contribution in [1.29, 1.82) is 0 Å². The van der Waals surface area contributed by atoms with E-state index >= 15 is 0 Å². The molecule has 0 saturated carbocycles. The third kappa shape index (κ3) is 3.08. The van der Waals surface area contributed by atoms with Gasteiger partial charge in [0.15, 0.2) is 9.84 Å². The van der Waals surface area contributed by atoms with E-state index < -0.39 is 15.7 Å². The van der Waals surface area contributed by atoms with Gasteiger partial charge in [-0.15, -0.1) is 0 Å². The molecule has 0 aliphatic rings. The first-order valence-electron chi connectivity index (χ1n) is 5.57. The summed E-state index contributed by atoms with van der Waals surface area (Å²) < 4.78 is 37.4. The zero-order chi connectivity index (χ0) is 14.0. The number of nitrogen functional groups attached to an aromatic ring is 1. The Balaban J connectivity index is 2.35. The number of aryl methyl sites for hydroxylation is 1. The van der Waals surface area contributed by atoms with Crippen molar-refractivity contribution in [2.45, 2.75) is 17.6 Å². The maximum atomic E-state index is 13.0. The van der Waals surface area contributed by atoms with Crippen LogP contribution in [0.2, 0.25) is 0 Å². The van der Waals surface area contributed by atoms with Gasteiger partial charge in [0.1, 0.15) is 5.82 Å². The van der Waals surface area contributed by atoms with E-state index in [0.29, 0.717) is 16.8 Å². The fraction of sp³-hybridized carbons (Fsp3) is 0.154. The highest BCUT2D eigenvalue weighted by Crippen LogP contribution is 2.20. The van der Waals surface area contributed by atoms with Crippen LogP contribution in [-0.4, -0.2) is 13.4 Å². The van der Waals surface area contributed by atoms with Crippen molar-refractivity contribution in [3.8, 4) is 0 Å². The molecule has 0 bridgehead atoms. The first-order valence-corrected chi connectivity index (χ1v) is 7.22. The molecule has 0 spiro atoms. The molecule has 1 aromatic carbocycles. The van der Waals surface area contributed by atoms with E-state index in [2.05, 4.69) is 4.98 Å². The Morgan fingerprint density at radius 1 is 1.26 bits per heavy atom. The summed E-state index contributed by atoms with van der Waals surface area (Å²) >= 11 is 0. The molecule has 19 heavy (non-hydrogen) atoms. The van der Waals surface area contributed by atoms with E-state index in [4.69, 9.17) is 5.73 Å². The number of halogens is 1. The van der Waals surface area contributed by atoms with E-state index in [1.165, 1.54) is 18.3 Å². The molecule has 100 valence electrons. The highest BCUT2D eigenvalue weighted by atomic mass is 32.2. The molecule has 0 fully saturated rings. The molecule has 1 heterocycles. The molecular weight excluding hydrogens is 267 g/mol. The molecule has 0 aliphatic carbocycles. The third-order valence-electron chi connectivity index (χ3n) is 2.72. The summed E-state index contributed by atoms with van der Waals surface area (Å²) in [5, 5.41) is 0. The molecule has 6 heteroatoms. The zero-order valence-electron chi connectivity index (χ0n) is 10.3. The van der Waals surface area contributed by atoms with Crippen LogP contribution < -0.4 is 5.73 Å². The van der Waals surface area contributed by atoms with Crippen molar-refractivity contribution < 1.29 is 12.8 Å². The van der Waals surface area contributed by atoms with E-state index in [9.17, 15) is 12.8 Å². The fourth-order valence-corrected chi connectivity index (χ4v) is 3.07. The van der Waals surface area contributed by atoms with E-state index in [1.807, 2.05) is 0 Å². The van der Waals surface area contributed by atoms with E-state index in [-0.39, 0.29) is 10.6 Å². The van der Waals surface area contributed by atoms with Crippen LogP contribution in [0.4, 0.5) is 10.1 Å². The minimum atomic E-state index is -3.53. The Morgan fingerprint density at radius 2 is 2.00 bits per heavy atom. The van der Waals surface area contributed by atoms with Gasteiger partial charge < -0.3 is 5.73 Å². The summed E-state index contributed by atoms with van der Waals surface area (Å²) in [6.07, 6.45) is 2.37. The van der Waals surface area contributed by atoms with Crippen LogP contribution in [0.1, 0.15) is 11.1 Å². The van der Waals surface area contributed by atoms with Gasteiger partial charge in [0.05, 0.1) is 16.8 Å². The minimum absolute atomic E-state index is 0.170. The molecule has 0 unspecified atom stereocenters. The zero-order valence-corrected chi connectivity index (χ0v) is 11.1. The average Bonchev–Trinajstić information content (AvgIpc) is 2.32. The quantitative estimate of drug-likeness (QED) is 0.874. The van der Waals surface area contributed by atoms with Gasteiger partial charge in [-0.25, -0.2) is 12.8 Å². The van der Waals surface area contributed by atoms with Gasteiger partial charge in [-0.2, -0.15) is 0 Å². The maximum Gasteiger partial charge on any atom is 0.182 e. The lowest BCUT2D eigenvalue weighted by Crippen LogP contribution is -2.06. The van der Waals surface area contributed by atoms with Gasteiger partial charge in [0.25, 0.3) is 0 Å². The van der Waals surface area contributed by atoms with Crippen molar-refractivity contribution in [2.24, 2.45) is 0 Å². The summed E-state index contributed by atoms with van der Waals surface area (Å²) in [7, 11) is -3.53.